The van der Waals surface area contributed by atoms with Crippen LogP contribution >= 0.6 is 15.9 Å². The summed E-state index contributed by atoms with van der Waals surface area (Å²) >= 11 is 3.49. The molecule has 2 aromatic rings. The molecular weight excluding hydrogens is 440 g/mol. The van der Waals surface area contributed by atoms with Crippen molar-refractivity contribution in [2.24, 2.45) is 0 Å². The number of carboxylic acids is 2. The Morgan fingerprint density at radius 1 is 0.897 bits per heavy atom. The molecule has 0 atom stereocenters. The molecule has 8 heteroatoms. The van der Waals surface area contributed by atoms with Gasteiger partial charge in [0.2, 0.25) is 0 Å². The van der Waals surface area contributed by atoms with Gasteiger partial charge in [-0.2, -0.15) is 0 Å². The lowest BCUT2D eigenvalue weighted by atomic mass is 10.1. The second kappa shape index (κ2) is 11.5. The van der Waals surface area contributed by atoms with Crippen molar-refractivity contribution in [3.05, 3.63) is 64.1 Å². The fourth-order valence-electron chi connectivity index (χ4n) is 2.98. The van der Waals surface area contributed by atoms with E-state index in [1.807, 2.05) is 6.07 Å². The third kappa shape index (κ3) is 8.23. The topological polar surface area (TPSA) is 90.3 Å². The van der Waals surface area contributed by atoms with Gasteiger partial charge in [-0.1, -0.05) is 40.2 Å². The summed E-state index contributed by atoms with van der Waals surface area (Å²) in [4.78, 5) is 23.3. The number of methoxy groups -OCH3 is 1. The van der Waals surface area contributed by atoms with Gasteiger partial charge in [0.1, 0.15) is 5.75 Å². The monoisotopic (exact) mass is 464 g/mol. The molecule has 1 aliphatic heterocycles. The van der Waals surface area contributed by atoms with Gasteiger partial charge in [-0.15, -0.1) is 0 Å². The highest BCUT2D eigenvalue weighted by Gasteiger charge is 2.17. The van der Waals surface area contributed by atoms with E-state index in [-0.39, 0.29) is 0 Å². The summed E-state index contributed by atoms with van der Waals surface area (Å²) in [7, 11) is 1.72. The van der Waals surface area contributed by atoms with Crippen LogP contribution in [0.1, 0.15) is 11.1 Å². The standard InChI is InChI=1S/C19H23BrN2O.C2H2O4/c1-23-19-4-2-3-17(13-19)15-22-11-9-21(10-12-22)14-16-5-7-18(20)8-6-16;3-1(4)2(5)6/h2-8,13H,9-12,14-15H2,1H3;(H,3,4)(H,5,6). The number of aliphatic carboxylic acids is 2. The molecular formula is C21H25BrN2O5. The van der Waals surface area contributed by atoms with Crippen molar-refractivity contribution in [3.63, 3.8) is 0 Å². The number of hydrogen-bond donors (Lipinski definition) is 2. The molecule has 3 rings (SSSR count). The van der Waals surface area contributed by atoms with Crippen LogP contribution in [0.25, 0.3) is 0 Å². The number of ether oxygens (including phenoxy) is 1. The minimum atomic E-state index is -1.82. The summed E-state index contributed by atoms with van der Waals surface area (Å²) < 4.78 is 6.45. The largest absolute Gasteiger partial charge is 0.497 e. The van der Waals surface area contributed by atoms with E-state index in [4.69, 9.17) is 24.5 Å². The summed E-state index contributed by atoms with van der Waals surface area (Å²) in [5.74, 6) is -2.71. The molecule has 1 heterocycles. The van der Waals surface area contributed by atoms with E-state index in [1.54, 1.807) is 7.11 Å². The van der Waals surface area contributed by atoms with Crippen molar-refractivity contribution in [3.8, 4) is 5.75 Å². The molecule has 0 radical (unpaired) electrons. The van der Waals surface area contributed by atoms with Gasteiger partial charge in [-0.05, 0) is 35.4 Å². The maximum atomic E-state index is 9.10. The smallest absolute Gasteiger partial charge is 0.414 e. The third-order valence-electron chi connectivity index (χ3n) is 4.51. The molecule has 1 aliphatic rings. The maximum Gasteiger partial charge on any atom is 0.414 e. The van der Waals surface area contributed by atoms with Crippen LogP contribution < -0.4 is 4.74 Å². The van der Waals surface area contributed by atoms with Crippen molar-refractivity contribution >= 4 is 27.9 Å². The van der Waals surface area contributed by atoms with E-state index in [9.17, 15) is 0 Å². The lowest BCUT2D eigenvalue weighted by molar-refractivity contribution is -0.159. The molecule has 0 unspecified atom stereocenters. The predicted octanol–water partition coefficient (Wildman–Crippen LogP) is 2.93. The zero-order valence-electron chi connectivity index (χ0n) is 16.3. The minimum Gasteiger partial charge on any atom is -0.497 e. The summed E-state index contributed by atoms with van der Waals surface area (Å²) in [6, 6.07) is 17.0. The van der Waals surface area contributed by atoms with E-state index < -0.39 is 11.9 Å². The Hall–Kier alpha value is -2.42. The van der Waals surface area contributed by atoms with E-state index in [0.717, 1.165) is 49.5 Å². The SMILES string of the molecule is COc1cccc(CN2CCN(Cc3ccc(Br)cc3)CC2)c1.O=C(O)C(=O)O. The predicted molar refractivity (Wildman–Crippen MR) is 113 cm³/mol. The fraction of sp³-hybridized carbons (Fsp3) is 0.333. The summed E-state index contributed by atoms with van der Waals surface area (Å²) in [5.41, 5.74) is 2.71. The molecule has 1 saturated heterocycles. The molecule has 2 aromatic carbocycles. The number of carboxylic acid groups (broad SMARTS) is 2. The van der Waals surface area contributed by atoms with Gasteiger partial charge in [0, 0.05) is 43.7 Å². The summed E-state index contributed by atoms with van der Waals surface area (Å²) in [6.45, 7) is 6.53. The second-order valence-corrected chi connectivity index (χ2v) is 7.56. The molecule has 0 aliphatic carbocycles. The number of carbonyl (C=O) groups is 2. The molecule has 0 spiro atoms. The lowest BCUT2D eigenvalue weighted by Crippen LogP contribution is -2.45. The van der Waals surface area contributed by atoms with Gasteiger partial charge in [-0.25, -0.2) is 9.59 Å². The van der Waals surface area contributed by atoms with Crippen LogP contribution in [-0.2, 0) is 22.7 Å². The quantitative estimate of drug-likeness (QED) is 0.657. The zero-order valence-corrected chi connectivity index (χ0v) is 17.8. The van der Waals surface area contributed by atoms with Gasteiger partial charge < -0.3 is 14.9 Å². The summed E-state index contributed by atoms with van der Waals surface area (Å²) in [5, 5.41) is 14.8. The van der Waals surface area contributed by atoms with Crippen molar-refractivity contribution in [1.29, 1.82) is 0 Å². The van der Waals surface area contributed by atoms with Gasteiger partial charge >= 0.3 is 11.9 Å². The van der Waals surface area contributed by atoms with E-state index in [1.165, 1.54) is 11.1 Å². The number of rotatable bonds is 5. The number of hydrogen-bond acceptors (Lipinski definition) is 5. The van der Waals surface area contributed by atoms with Crippen LogP contribution in [0.3, 0.4) is 0 Å². The lowest BCUT2D eigenvalue weighted by Gasteiger charge is -2.34. The average molecular weight is 465 g/mol. The minimum absolute atomic E-state index is 0.941. The van der Waals surface area contributed by atoms with Crippen molar-refractivity contribution in [2.45, 2.75) is 13.1 Å². The Balaban J connectivity index is 0.000000438. The van der Waals surface area contributed by atoms with E-state index in [2.05, 4.69) is 68.2 Å². The van der Waals surface area contributed by atoms with Crippen molar-refractivity contribution < 1.29 is 24.5 Å². The third-order valence-corrected chi connectivity index (χ3v) is 5.04. The van der Waals surface area contributed by atoms with Gasteiger partial charge in [0.25, 0.3) is 0 Å². The molecule has 1 fully saturated rings. The van der Waals surface area contributed by atoms with Crippen molar-refractivity contribution in [1.82, 2.24) is 9.80 Å². The van der Waals surface area contributed by atoms with Crippen LogP contribution in [0, 0.1) is 0 Å². The Labute approximate surface area is 178 Å². The highest BCUT2D eigenvalue weighted by Crippen LogP contribution is 2.17. The molecule has 0 amide bonds. The highest BCUT2D eigenvalue weighted by molar-refractivity contribution is 9.10. The number of nitrogens with zero attached hydrogens (tertiary/aromatic N) is 2. The zero-order chi connectivity index (χ0) is 21.2. The van der Waals surface area contributed by atoms with Crippen LogP contribution in [0.15, 0.2) is 53.0 Å². The first-order chi connectivity index (χ1) is 13.9. The van der Waals surface area contributed by atoms with Gasteiger partial charge in [0.05, 0.1) is 7.11 Å². The van der Waals surface area contributed by atoms with Crippen LogP contribution in [-0.4, -0.2) is 65.2 Å². The summed E-state index contributed by atoms with van der Waals surface area (Å²) in [6.07, 6.45) is 0. The van der Waals surface area contributed by atoms with E-state index >= 15 is 0 Å². The van der Waals surface area contributed by atoms with E-state index in [0.29, 0.717) is 0 Å². The second-order valence-electron chi connectivity index (χ2n) is 6.64. The molecule has 0 saturated carbocycles. The molecule has 29 heavy (non-hydrogen) atoms. The number of piperazine rings is 1. The Morgan fingerprint density at radius 2 is 1.41 bits per heavy atom. The Bertz CT molecular complexity index is 793. The molecule has 2 N–H and O–H groups in total. The van der Waals surface area contributed by atoms with Crippen LogP contribution in [0.2, 0.25) is 0 Å². The van der Waals surface area contributed by atoms with Crippen LogP contribution in [0.5, 0.6) is 5.75 Å². The Kier molecular flexibility index (Phi) is 9.11. The first-order valence-electron chi connectivity index (χ1n) is 9.15. The number of benzene rings is 2. The average Bonchev–Trinajstić information content (AvgIpc) is 2.72. The highest BCUT2D eigenvalue weighted by atomic mass is 79.9. The van der Waals surface area contributed by atoms with Crippen molar-refractivity contribution in [2.75, 3.05) is 33.3 Å². The normalized spacial score (nSPS) is 14.6. The first kappa shape index (κ1) is 22.9. The fourth-order valence-corrected chi connectivity index (χ4v) is 3.25. The van der Waals surface area contributed by atoms with Crippen LogP contribution in [0.4, 0.5) is 0 Å². The molecule has 0 aromatic heterocycles. The first-order valence-corrected chi connectivity index (χ1v) is 9.95. The molecule has 156 valence electrons. The molecule has 7 nitrogen and oxygen atoms in total. The number of halogens is 1. The maximum absolute atomic E-state index is 9.10. The molecule has 0 bridgehead atoms. The van der Waals surface area contributed by atoms with Gasteiger partial charge in [0.15, 0.2) is 0 Å². The van der Waals surface area contributed by atoms with Gasteiger partial charge in [-0.3, -0.25) is 9.80 Å². The Morgan fingerprint density at radius 3 is 1.90 bits per heavy atom.